The van der Waals surface area contributed by atoms with Crippen molar-refractivity contribution in [2.24, 2.45) is 11.7 Å². The van der Waals surface area contributed by atoms with Gasteiger partial charge in [-0.25, -0.2) is 0 Å². The fourth-order valence-electron chi connectivity index (χ4n) is 3.53. The largest absolute Gasteiger partial charge is 0.366 e. The number of para-hydroxylation sites is 1. The molecule has 20 heavy (non-hydrogen) atoms. The molecule has 108 valence electrons. The number of piperidine rings is 1. The minimum atomic E-state index is 0.0663. The van der Waals surface area contributed by atoms with Crippen LogP contribution in [0.5, 0.6) is 0 Å². The molecule has 3 unspecified atom stereocenters. The van der Waals surface area contributed by atoms with Crippen molar-refractivity contribution in [1.29, 1.82) is 0 Å². The summed E-state index contributed by atoms with van der Waals surface area (Å²) in [6.45, 7) is 3.89. The average Bonchev–Trinajstić information content (AvgIpc) is 2.88. The van der Waals surface area contributed by atoms with Crippen LogP contribution in [0.4, 0.5) is 5.69 Å². The van der Waals surface area contributed by atoms with Gasteiger partial charge in [-0.3, -0.25) is 4.79 Å². The first-order valence-electron chi connectivity index (χ1n) is 7.61. The number of anilines is 1. The number of amides is 1. The number of hydrogen-bond acceptors (Lipinski definition) is 3. The van der Waals surface area contributed by atoms with Gasteiger partial charge in [-0.1, -0.05) is 25.1 Å². The zero-order valence-corrected chi connectivity index (χ0v) is 12.0. The van der Waals surface area contributed by atoms with E-state index in [1.165, 1.54) is 11.3 Å². The van der Waals surface area contributed by atoms with Crippen LogP contribution in [-0.4, -0.2) is 25.0 Å². The standard InChI is InChI=1S/C16H23N3O/c1-2-13(17)11-6-3-4-8-14(11)19-9-5-7-12-15(19)10-18-16(12)20/h3-4,6,8,12-13,15H,2,5,7,9-10,17H2,1H3,(H,18,20). The van der Waals surface area contributed by atoms with E-state index in [0.29, 0.717) is 6.04 Å². The van der Waals surface area contributed by atoms with Gasteiger partial charge in [0.25, 0.3) is 0 Å². The van der Waals surface area contributed by atoms with E-state index in [9.17, 15) is 4.79 Å². The van der Waals surface area contributed by atoms with Gasteiger partial charge in [0.2, 0.25) is 5.91 Å². The summed E-state index contributed by atoms with van der Waals surface area (Å²) in [4.78, 5) is 14.3. The van der Waals surface area contributed by atoms with Crippen molar-refractivity contribution in [3.8, 4) is 0 Å². The highest BCUT2D eigenvalue weighted by atomic mass is 16.2. The molecular weight excluding hydrogens is 250 g/mol. The Morgan fingerprint density at radius 1 is 1.45 bits per heavy atom. The predicted octanol–water partition coefficient (Wildman–Crippen LogP) is 1.81. The number of carbonyl (C=O) groups excluding carboxylic acids is 1. The minimum absolute atomic E-state index is 0.0663. The smallest absolute Gasteiger partial charge is 0.225 e. The summed E-state index contributed by atoms with van der Waals surface area (Å²) in [5.74, 6) is 0.367. The monoisotopic (exact) mass is 273 g/mol. The van der Waals surface area contributed by atoms with Gasteiger partial charge >= 0.3 is 0 Å². The Morgan fingerprint density at radius 2 is 2.25 bits per heavy atom. The van der Waals surface area contributed by atoms with Crippen LogP contribution < -0.4 is 16.0 Å². The minimum Gasteiger partial charge on any atom is -0.366 e. The molecule has 2 heterocycles. The van der Waals surface area contributed by atoms with E-state index in [1.807, 2.05) is 6.07 Å². The van der Waals surface area contributed by atoms with Gasteiger partial charge in [-0.2, -0.15) is 0 Å². The van der Waals surface area contributed by atoms with Gasteiger partial charge in [0, 0.05) is 24.8 Å². The molecule has 0 saturated carbocycles. The first-order valence-corrected chi connectivity index (χ1v) is 7.61. The summed E-state index contributed by atoms with van der Waals surface area (Å²) in [5, 5.41) is 3.01. The van der Waals surface area contributed by atoms with Crippen LogP contribution >= 0.6 is 0 Å². The highest BCUT2D eigenvalue weighted by Crippen LogP contribution is 2.35. The zero-order chi connectivity index (χ0) is 14.1. The molecule has 3 N–H and O–H groups in total. The van der Waals surface area contributed by atoms with Gasteiger partial charge in [0.1, 0.15) is 0 Å². The molecule has 1 amide bonds. The number of hydrogen-bond donors (Lipinski definition) is 2. The van der Waals surface area contributed by atoms with E-state index in [1.54, 1.807) is 0 Å². The van der Waals surface area contributed by atoms with Crippen LogP contribution in [0.25, 0.3) is 0 Å². The molecule has 2 fully saturated rings. The Morgan fingerprint density at radius 3 is 3.05 bits per heavy atom. The third-order valence-corrected chi connectivity index (χ3v) is 4.69. The number of nitrogens with two attached hydrogens (primary N) is 1. The topological polar surface area (TPSA) is 58.4 Å². The van der Waals surface area contributed by atoms with Crippen LogP contribution in [0.1, 0.15) is 37.8 Å². The summed E-state index contributed by atoms with van der Waals surface area (Å²) in [7, 11) is 0. The van der Waals surface area contributed by atoms with Crippen LogP contribution in [-0.2, 0) is 4.79 Å². The number of fused-ring (bicyclic) bond motifs is 1. The summed E-state index contributed by atoms with van der Waals surface area (Å²) in [5.41, 5.74) is 8.68. The Labute approximate surface area is 120 Å². The Balaban J connectivity index is 1.94. The lowest BCUT2D eigenvalue weighted by atomic mass is 9.90. The lowest BCUT2D eigenvalue weighted by molar-refractivity contribution is -0.122. The number of rotatable bonds is 3. The molecule has 1 aromatic carbocycles. The number of benzene rings is 1. The van der Waals surface area contributed by atoms with Crippen molar-refractivity contribution in [3.63, 3.8) is 0 Å². The fraction of sp³-hybridized carbons (Fsp3) is 0.562. The van der Waals surface area contributed by atoms with Crippen LogP contribution in [0, 0.1) is 5.92 Å². The average molecular weight is 273 g/mol. The normalized spacial score (nSPS) is 27.1. The van der Waals surface area contributed by atoms with Gasteiger partial charge in [-0.15, -0.1) is 0 Å². The number of nitrogens with one attached hydrogen (secondary N) is 1. The summed E-state index contributed by atoms with van der Waals surface area (Å²) in [6, 6.07) is 8.74. The highest BCUT2D eigenvalue weighted by Gasteiger charge is 2.41. The molecule has 4 nitrogen and oxygen atoms in total. The summed E-state index contributed by atoms with van der Waals surface area (Å²) < 4.78 is 0. The molecule has 0 aromatic heterocycles. The summed E-state index contributed by atoms with van der Waals surface area (Å²) >= 11 is 0. The molecule has 0 spiro atoms. The first-order chi connectivity index (χ1) is 9.72. The maximum absolute atomic E-state index is 11.9. The molecule has 3 rings (SSSR count). The molecule has 0 radical (unpaired) electrons. The Kier molecular flexibility index (Phi) is 3.66. The molecule has 4 heteroatoms. The predicted molar refractivity (Wildman–Crippen MR) is 80.5 cm³/mol. The van der Waals surface area contributed by atoms with Crippen molar-refractivity contribution in [2.75, 3.05) is 18.0 Å². The van der Waals surface area contributed by atoms with Crippen molar-refractivity contribution >= 4 is 11.6 Å². The van der Waals surface area contributed by atoms with E-state index in [0.717, 1.165) is 32.4 Å². The molecule has 2 saturated heterocycles. The van der Waals surface area contributed by atoms with E-state index in [2.05, 4.69) is 35.3 Å². The zero-order valence-electron chi connectivity index (χ0n) is 12.0. The maximum atomic E-state index is 11.9. The molecule has 2 aliphatic rings. The quantitative estimate of drug-likeness (QED) is 0.883. The van der Waals surface area contributed by atoms with E-state index in [-0.39, 0.29) is 17.9 Å². The number of nitrogens with zero attached hydrogens (tertiary/aromatic N) is 1. The highest BCUT2D eigenvalue weighted by molar-refractivity contribution is 5.83. The second-order valence-electron chi connectivity index (χ2n) is 5.83. The van der Waals surface area contributed by atoms with E-state index < -0.39 is 0 Å². The van der Waals surface area contributed by atoms with Crippen LogP contribution in [0.3, 0.4) is 0 Å². The number of carbonyl (C=O) groups is 1. The molecule has 2 aliphatic heterocycles. The van der Waals surface area contributed by atoms with E-state index in [4.69, 9.17) is 5.73 Å². The van der Waals surface area contributed by atoms with Gasteiger partial charge < -0.3 is 16.0 Å². The Hall–Kier alpha value is -1.55. The molecule has 0 bridgehead atoms. The molecule has 3 atom stereocenters. The summed E-state index contributed by atoms with van der Waals surface area (Å²) in [6.07, 6.45) is 3.01. The fourth-order valence-corrected chi connectivity index (χ4v) is 3.53. The second-order valence-corrected chi connectivity index (χ2v) is 5.83. The molecular formula is C16H23N3O. The second kappa shape index (κ2) is 5.44. The Bertz CT molecular complexity index is 502. The third kappa shape index (κ3) is 2.18. The lowest BCUT2D eigenvalue weighted by Gasteiger charge is -2.39. The van der Waals surface area contributed by atoms with Crippen molar-refractivity contribution < 1.29 is 4.79 Å². The van der Waals surface area contributed by atoms with Crippen molar-refractivity contribution in [3.05, 3.63) is 29.8 Å². The van der Waals surface area contributed by atoms with Crippen LogP contribution in [0.15, 0.2) is 24.3 Å². The van der Waals surface area contributed by atoms with Gasteiger partial charge in [0.05, 0.1) is 12.0 Å². The van der Waals surface area contributed by atoms with Gasteiger partial charge in [0.15, 0.2) is 0 Å². The lowest BCUT2D eigenvalue weighted by Crippen LogP contribution is -2.46. The van der Waals surface area contributed by atoms with Crippen molar-refractivity contribution in [1.82, 2.24) is 5.32 Å². The first kappa shape index (κ1) is 13.4. The van der Waals surface area contributed by atoms with E-state index >= 15 is 0 Å². The molecule has 0 aliphatic carbocycles. The molecule has 1 aromatic rings. The third-order valence-electron chi connectivity index (χ3n) is 4.69. The maximum Gasteiger partial charge on any atom is 0.225 e. The van der Waals surface area contributed by atoms with Crippen LogP contribution in [0.2, 0.25) is 0 Å². The van der Waals surface area contributed by atoms with Gasteiger partial charge in [-0.05, 0) is 30.9 Å². The van der Waals surface area contributed by atoms with Crippen molar-refractivity contribution in [2.45, 2.75) is 38.3 Å². The SMILES string of the molecule is CCC(N)c1ccccc1N1CCCC2C(=O)NCC21.